The number of anilines is 2. The van der Waals surface area contributed by atoms with Crippen molar-refractivity contribution in [3.05, 3.63) is 58.1 Å². The van der Waals surface area contributed by atoms with E-state index in [9.17, 15) is 4.79 Å². The first kappa shape index (κ1) is 15.2. The summed E-state index contributed by atoms with van der Waals surface area (Å²) in [5, 5.41) is 15.3. The van der Waals surface area contributed by atoms with E-state index in [1.165, 1.54) is 6.07 Å². The molecule has 0 heterocycles. The van der Waals surface area contributed by atoms with E-state index >= 15 is 0 Å². The molecule has 1 amide bonds. The summed E-state index contributed by atoms with van der Waals surface area (Å²) >= 11 is 11.9. The SMILES string of the molecule is N#Cc1ccc(NC(=O)CNc2ccccc2Cl)cc1Cl. The highest BCUT2D eigenvalue weighted by Crippen LogP contribution is 2.21. The first-order valence-corrected chi connectivity index (χ1v) is 6.83. The molecule has 4 nitrogen and oxygen atoms in total. The highest BCUT2D eigenvalue weighted by Gasteiger charge is 2.06. The number of benzene rings is 2. The average molecular weight is 320 g/mol. The summed E-state index contributed by atoms with van der Waals surface area (Å²) in [5.74, 6) is -0.240. The molecule has 21 heavy (non-hydrogen) atoms. The van der Waals surface area contributed by atoms with E-state index in [0.717, 1.165) is 0 Å². The number of nitriles is 1. The van der Waals surface area contributed by atoms with E-state index in [1.807, 2.05) is 18.2 Å². The number of carbonyl (C=O) groups excluding carboxylic acids is 1. The van der Waals surface area contributed by atoms with Crippen molar-refractivity contribution in [3.63, 3.8) is 0 Å². The van der Waals surface area contributed by atoms with Gasteiger partial charge in [0.05, 0.1) is 27.8 Å². The minimum absolute atomic E-state index is 0.0708. The van der Waals surface area contributed by atoms with Gasteiger partial charge in [-0.25, -0.2) is 0 Å². The van der Waals surface area contributed by atoms with Gasteiger partial charge in [0.15, 0.2) is 0 Å². The summed E-state index contributed by atoms with van der Waals surface area (Å²) in [6, 6.07) is 13.8. The molecule has 2 N–H and O–H groups in total. The van der Waals surface area contributed by atoms with Gasteiger partial charge in [0.2, 0.25) is 5.91 Å². The van der Waals surface area contributed by atoms with Crippen LogP contribution in [0.25, 0.3) is 0 Å². The Labute approximate surface area is 132 Å². The lowest BCUT2D eigenvalue weighted by atomic mass is 10.2. The normalized spacial score (nSPS) is 9.76. The molecule has 0 unspecified atom stereocenters. The van der Waals surface area contributed by atoms with Crippen molar-refractivity contribution < 1.29 is 4.79 Å². The lowest BCUT2D eigenvalue weighted by Gasteiger charge is -2.09. The van der Waals surface area contributed by atoms with Gasteiger partial charge in [-0.05, 0) is 30.3 Å². The van der Waals surface area contributed by atoms with Gasteiger partial charge in [0.1, 0.15) is 6.07 Å². The Bertz CT molecular complexity index is 710. The van der Waals surface area contributed by atoms with Crippen molar-refractivity contribution in [3.8, 4) is 6.07 Å². The zero-order valence-corrected chi connectivity index (χ0v) is 12.4. The quantitative estimate of drug-likeness (QED) is 0.897. The third-order valence-corrected chi connectivity index (χ3v) is 3.33. The molecule has 0 atom stereocenters. The molecule has 2 aromatic carbocycles. The zero-order chi connectivity index (χ0) is 15.2. The van der Waals surface area contributed by atoms with Gasteiger partial charge >= 0.3 is 0 Å². The minimum atomic E-state index is -0.240. The molecule has 0 radical (unpaired) electrons. The van der Waals surface area contributed by atoms with Crippen molar-refractivity contribution in [2.75, 3.05) is 17.2 Å². The summed E-state index contributed by atoms with van der Waals surface area (Å²) in [6.45, 7) is 0.0708. The van der Waals surface area contributed by atoms with Crippen LogP contribution < -0.4 is 10.6 Å². The Morgan fingerprint density at radius 1 is 1.14 bits per heavy atom. The monoisotopic (exact) mass is 319 g/mol. The maximum absolute atomic E-state index is 11.8. The maximum Gasteiger partial charge on any atom is 0.243 e. The number of hydrogen-bond donors (Lipinski definition) is 2. The van der Waals surface area contributed by atoms with E-state index in [1.54, 1.807) is 24.3 Å². The third-order valence-electron chi connectivity index (χ3n) is 2.69. The molecule has 2 rings (SSSR count). The van der Waals surface area contributed by atoms with Gasteiger partial charge in [0.25, 0.3) is 0 Å². The predicted octanol–water partition coefficient (Wildman–Crippen LogP) is 3.92. The number of carbonyl (C=O) groups is 1. The van der Waals surface area contributed by atoms with Gasteiger partial charge in [-0.15, -0.1) is 0 Å². The number of hydrogen-bond acceptors (Lipinski definition) is 3. The minimum Gasteiger partial charge on any atom is -0.375 e. The highest BCUT2D eigenvalue weighted by molar-refractivity contribution is 6.33. The molecule has 2 aromatic rings. The Balaban J connectivity index is 1.95. The molecule has 106 valence electrons. The number of halogens is 2. The molecule has 0 aliphatic rings. The molecule has 0 aliphatic carbocycles. The second-order valence-corrected chi connectivity index (χ2v) is 5.00. The molecule has 0 aliphatic heterocycles. The van der Waals surface area contributed by atoms with Crippen LogP contribution in [0.15, 0.2) is 42.5 Å². The van der Waals surface area contributed by atoms with Crippen LogP contribution >= 0.6 is 23.2 Å². The third kappa shape index (κ3) is 4.12. The topological polar surface area (TPSA) is 64.9 Å². The summed E-state index contributed by atoms with van der Waals surface area (Å²) in [4.78, 5) is 11.8. The molecule has 0 aromatic heterocycles. The summed E-state index contributed by atoms with van der Waals surface area (Å²) in [6.07, 6.45) is 0. The number of rotatable bonds is 4. The van der Waals surface area contributed by atoms with E-state index in [4.69, 9.17) is 28.5 Å². The molecular formula is C15H11Cl2N3O. The first-order valence-electron chi connectivity index (χ1n) is 6.08. The Kier molecular flexibility index (Phi) is 5.04. The molecule has 0 bridgehead atoms. The Hall–Kier alpha value is -2.22. The zero-order valence-electron chi connectivity index (χ0n) is 10.9. The fourth-order valence-electron chi connectivity index (χ4n) is 1.67. The lowest BCUT2D eigenvalue weighted by Crippen LogP contribution is -2.21. The second kappa shape index (κ2) is 6.98. The summed E-state index contributed by atoms with van der Waals surface area (Å²) in [5.41, 5.74) is 1.58. The number of nitrogens with one attached hydrogen (secondary N) is 2. The van der Waals surface area contributed by atoms with Crippen molar-refractivity contribution in [1.29, 1.82) is 5.26 Å². The number of nitrogens with zero attached hydrogens (tertiary/aromatic N) is 1. The van der Waals surface area contributed by atoms with Gasteiger partial charge in [-0.1, -0.05) is 35.3 Å². The van der Waals surface area contributed by atoms with Crippen LogP contribution in [-0.2, 0) is 4.79 Å². The summed E-state index contributed by atoms with van der Waals surface area (Å²) in [7, 11) is 0. The van der Waals surface area contributed by atoms with Gasteiger partial charge in [-0.2, -0.15) is 5.26 Å². The van der Waals surface area contributed by atoms with Crippen molar-refractivity contribution in [2.45, 2.75) is 0 Å². The Morgan fingerprint density at radius 3 is 2.57 bits per heavy atom. The molecule has 0 saturated carbocycles. The Morgan fingerprint density at radius 2 is 1.90 bits per heavy atom. The van der Waals surface area contributed by atoms with E-state index in [-0.39, 0.29) is 12.5 Å². The maximum atomic E-state index is 11.8. The van der Waals surface area contributed by atoms with Crippen molar-refractivity contribution in [1.82, 2.24) is 0 Å². The second-order valence-electron chi connectivity index (χ2n) is 4.19. The van der Waals surface area contributed by atoms with E-state index < -0.39 is 0 Å². The number of amides is 1. The average Bonchev–Trinajstić information content (AvgIpc) is 2.46. The van der Waals surface area contributed by atoms with Gasteiger partial charge in [-0.3, -0.25) is 4.79 Å². The van der Waals surface area contributed by atoms with E-state index in [2.05, 4.69) is 10.6 Å². The van der Waals surface area contributed by atoms with Crippen LogP contribution in [0.5, 0.6) is 0 Å². The largest absolute Gasteiger partial charge is 0.375 e. The van der Waals surface area contributed by atoms with E-state index in [0.29, 0.717) is 27.0 Å². The van der Waals surface area contributed by atoms with Gasteiger partial charge < -0.3 is 10.6 Å². The lowest BCUT2D eigenvalue weighted by molar-refractivity contribution is -0.114. The molecule has 0 saturated heterocycles. The predicted molar refractivity (Wildman–Crippen MR) is 84.7 cm³/mol. The van der Waals surface area contributed by atoms with Crippen LogP contribution in [0, 0.1) is 11.3 Å². The van der Waals surface area contributed by atoms with Crippen LogP contribution in [-0.4, -0.2) is 12.5 Å². The fraction of sp³-hybridized carbons (Fsp3) is 0.0667. The van der Waals surface area contributed by atoms with Crippen LogP contribution in [0.3, 0.4) is 0 Å². The van der Waals surface area contributed by atoms with Gasteiger partial charge in [0, 0.05) is 5.69 Å². The molecule has 0 spiro atoms. The van der Waals surface area contributed by atoms with Crippen LogP contribution in [0.1, 0.15) is 5.56 Å². The number of para-hydroxylation sites is 1. The summed E-state index contributed by atoms with van der Waals surface area (Å²) < 4.78 is 0. The molecular weight excluding hydrogens is 309 g/mol. The van der Waals surface area contributed by atoms with Crippen molar-refractivity contribution >= 4 is 40.5 Å². The smallest absolute Gasteiger partial charge is 0.243 e. The standard InChI is InChI=1S/C15H11Cl2N3O/c16-12-3-1-2-4-14(12)19-9-15(21)20-11-6-5-10(8-18)13(17)7-11/h1-7,19H,9H2,(H,20,21). The van der Waals surface area contributed by atoms with Crippen molar-refractivity contribution in [2.24, 2.45) is 0 Å². The highest BCUT2D eigenvalue weighted by atomic mass is 35.5. The van der Waals surface area contributed by atoms with Crippen LogP contribution in [0.2, 0.25) is 10.0 Å². The first-order chi connectivity index (χ1) is 10.1. The molecule has 6 heteroatoms. The fourth-order valence-corrected chi connectivity index (χ4v) is 2.09. The van der Waals surface area contributed by atoms with Crippen LogP contribution in [0.4, 0.5) is 11.4 Å². The molecule has 0 fully saturated rings.